The fraction of sp³-hybridized carbons (Fsp3) is 0.118. The molecule has 0 fully saturated rings. The molecule has 134 valence electrons. The van der Waals surface area contributed by atoms with Gasteiger partial charge in [-0.15, -0.1) is 0 Å². The first-order chi connectivity index (χ1) is 12.5. The van der Waals surface area contributed by atoms with Crippen LogP contribution in [0.4, 0.5) is 4.39 Å². The lowest BCUT2D eigenvalue weighted by Gasteiger charge is -2.09. The zero-order valence-corrected chi connectivity index (χ0v) is 14.7. The number of nitrogens with zero attached hydrogens (tertiary/aromatic N) is 3. The van der Waals surface area contributed by atoms with Crippen LogP contribution in [0.15, 0.2) is 41.5 Å². The van der Waals surface area contributed by atoms with Gasteiger partial charge in [-0.2, -0.15) is 14.9 Å². The molecule has 0 aliphatic carbocycles. The zero-order valence-electron chi connectivity index (χ0n) is 13.9. The summed E-state index contributed by atoms with van der Waals surface area (Å²) >= 11 is 5.19. The SMILES string of the molecule is COc1cc(/C=N/n2c(-c3cccc(F)c3)n[nH]c2=S)cc(OC)c1O. The van der Waals surface area contributed by atoms with E-state index in [4.69, 9.17) is 21.7 Å². The Kier molecular flexibility index (Phi) is 4.99. The minimum atomic E-state index is -0.389. The highest BCUT2D eigenvalue weighted by molar-refractivity contribution is 7.71. The molecule has 0 aliphatic heterocycles. The lowest BCUT2D eigenvalue weighted by Crippen LogP contribution is -1.97. The Morgan fingerprint density at radius 3 is 2.54 bits per heavy atom. The Balaban J connectivity index is 2.02. The fourth-order valence-electron chi connectivity index (χ4n) is 2.33. The van der Waals surface area contributed by atoms with Crippen molar-refractivity contribution in [3.63, 3.8) is 0 Å². The largest absolute Gasteiger partial charge is 0.502 e. The number of phenols is 1. The van der Waals surface area contributed by atoms with Gasteiger partial charge in [0.25, 0.3) is 0 Å². The molecule has 0 amide bonds. The molecule has 1 heterocycles. The molecule has 0 saturated carbocycles. The van der Waals surface area contributed by atoms with E-state index in [1.165, 1.54) is 37.2 Å². The topological polar surface area (TPSA) is 84.7 Å². The second-order valence-electron chi connectivity index (χ2n) is 5.19. The molecule has 0 unspecified atom stereocenters. The van der Waals surface area contributed by atoms with E-state index < -0.39 is 0 Å². The van der Waals surface area contributed by atoms with Crippen molar-refractivity contribution in [1.82, 2.24) is 14.9 Å². The Labute approximate surface area is 153 Å². The Morgan fingerprint density at radius 1 is 1.23 bits per heavy atom. The minimum absolute atomic E-state index is 0.104. The number of H-pyrrole nitrogens is 1. The van der Waals surface area contributed by atoms with E-state index >= 15 is 0 Å². The highest BCUT2D eigenvalue weighted by Crippen LogP contribution is 2.36. The van der Waals surface area contributed by atoms with Gasteiger partial charge in [0, 0.05) is 11.1 Å². The summed E-state index contributed by atoms with van der Waals surface area (Å²) in [5.74, 6) is 0.356. The van der Waals surface area contributed by atoms with Crippen molar-refractivity contribution in [1.29, 1.82) is 0 Å². The fourth-order valence-corrected chi connectivity index (χ4v) is 2.51. The highest BCUT2D eigenvalue weighted by Gasteiger charge is 2.11. The summed E-state index contributed by atoms with van der Waals surface area (Å²) in [6.07, 6.45) is 1.50. The lowest BCUT2D eigenvalue weighted by atomic mass is 10.2. The number of rotatable bonds is 5. The van der Waals surface area contributed by atoms with Crippen molar-refractivity contribution in [2.75, 3.05) is 14.2 Å². The molecule has 0 bridgehead atoms. The van der Waals surface area contributed by atoms with Gasteiger partial charge in [-0.05, 0) is 36.5 Å². The molecule has 3 rings (SSSR count). The van der Waals surface area contributed by atoms with Crippen LogP contribution in [0.3, 0.4) is 0 Å². The van der Waals surface area contributed by atoms with Gasteiger partial charge in [0.05, 0.1) is 20.4 Å². The molecule has 0 spiro atoms. The molecule has 2 N–H and O–H groups in total. The van der Waals surface area contributed by atoms with Gasteiger partial charge >= 0.3 is 0 Å². The summed E-state index contributed by atoms with van der Waals surface area (Å²) in [6, 6.07) is 9.13. The van der Waals surface area contributed by atoms with Crippen molar-refractivity contribution < 1.29 is 19.0 Å². The lowest BCUT2D eigenvalue weighted by molar-refractivity contribution is 0.340. The average molecular weight is 374 g/mol. The van der Waals surface area contributed by atoms with E-state index in [2.05, 4.69) is 15.3 Å². The highest BCUT2D eigenvalue weighted by atomic mass is 32.1. The number of hydrogen-bond acceptors (Lipinski definition) is 6. The number of aromatic hydroxyl groups is 1. The van der Waals surface area contributed by atoms with Crippen molar-refractivity contribution in [3.05, 3.63) is 52.5 Å². The first-order valence-corrected chi connectivity index (χ1v) is 7.87. The van der Waals surface area contributed by atoms with E-state index in [1.807, 2.05) is 0 Å². The zero-order chi connectivity index (χ0) is 18.7. The molecule has 1 aromatic heterocycles. The Bertz CT molecular complexity index is 1000. The molecule has 2 aromatic carbocycles. The molecule has 26 heavy (non-hydrogen) atoms. The maximum absolute atomic E-state index is 13.5. The molecule has 0 atom stereocenters. The number of aromatic nitrogens is 3. The summed E-state index contributed by atoms with van der Waals surface area (Å²) < 4.78 is 25.3. The van der Waals surface area contributed by atoms with E-state index in [1.54, 1.807) is 24.3 Å². The minimum Gasteiger partial charge on any atom is -0.502 e. The number of methoxy groups -OCH3 is 2. The van der Waals surface area contributed by atoms with Gasteiger partial charge < -0.3 is 14.6 Å². The molecule has 7 nitrogen and oxygen atoms in total. The Morgan fingerprint density at radius 2 is 1.92 bits per heavy atom. The van der Waals surface area contributed by atoms with E-state index in [0.29, 0.717) is 17.0 Å². The Hall–Kier alpha value is -3.20. The van der Waals surface area contributed by atoms with Crippen LogP contribution in [0, 0.1) is 10.6 Å². The van der Waals surface area contributed by atoms with Crippen LogP contribution in [-0.4, -0.2) is 40.4 Å². The third kappa shape index (κ3) is 3.42. The second kappa shape index (κ2) is 7.36. The maximum Gasteiger partial charge on any atom is 0.216 e. The van der Waals surface area contributed by atoms with Gasteiger partial charge in [-0.3, -0.25) is 0 Å². The molecule has 0 aliphatic rings. The summed E-state index contributed by atoms with van der Waals surface area (Å²) in [6.45, 7) is 0. The van der Waals surface area contributed by atoms with Crippen LogP contribution in [0.2, 0.25) is 0 Å². The quantitative estimate of drug-likeness (QED) is 0.528. The van der Waals surface area contributed by atoms with Crippen LogP contribution < -0.4 is 9.47 Å². The van der Waals surface area contributed by atoms with Crippen molar-refractivity contribution in [2.45, 2.75) is 0 Å². The number of ether oxygens (including phenoxy) is 2. The first-order valence-electron chi connectivity index (χ1n) is 7.46. The maximum atomic E-state index is 13.5. The number of halogens is 1. The number of benzene rings is 2. The predicted octanol–water partition coefficient (Wildman–Crippen LogP) is 3.35. The van der Waals surface area contributed by atoms with Crippen LogP contribution in [0.5, 0.6) is 17.2 Å². The van der Waals surface area contributed by atoms with Crippen molar-refractivity contribution in [2.24, 2.45) is 5.10 Å². The third-order valence-electron chi connectivity index (χ3n) is 3.56. The smallest absolute Gasteiger partial charge is 0.216 e. The average Bonchev–Trinajstić information content (AvgIpc) is 3.01. The second-order valence-corrected chi connectivity index (χ2v) is 5.58. The van der Waals surface area contributed by atoms with Crippen LogP contribution in [0.25, 0.3) is 11.4 Å². The standard InChI is InChI=1S/C17H15FN4O3S/c1-24-13-6-10(7-14(25-2)15(13)23)9-19-22-16(20-21-17(22)26)11-4-3-5-12(18)8-11/h3-9,23H,1-2H3,(H,21,26)/b19-9+. The molecular weight excluding hydrogens is 359 g/mol. The van der Waals surface area contributed by atoms with Crippen molar-refractivity contribution in [3.8, 4) is 28.6 Å². The predicted molar refractivity (Wildman–Crippen MR) is 97.0 cm³/mol. The number of phenolic OH excluding ortho intramolecular Hbond substituents is 1. The molecule has 3 aromatic rings. The van der Waals surface area contributed by atoms with Crippen LogP contribution in [-0.2, 0) is 0 Å². The van der Waals surface area contributed by atoms with E-state index in [-0.39, 0.29) is 27.8 Å². The third-order valence-corrected chi connectivity index (χ3v) is 3.82. The summed E-state index contributed by atoms with van der Waals surface area (Å²) in [5.41, 5.74) is 1.13. The first kappa shape index (κ1) is 17.6. The number of nitrogens with one attached hydrogen (secondary N) is 1. The molecule has 0 saturated heterocycles. The van der Waals surface area contributed by atoms with E-state index in [0.717, 1.165) is 0 Å². The van der Waals surface area contributed by atoms with E-state index in [9.17, 15) is 9.50 Å². The molecular formula is C17H15FN4O3S. The van der Waals surface area contributed by atoms with Crippen molar-refractivity contribution >= 4 is 18.4 Å². The van der Waals surface area contributed by atoms with Gasteiger partial charge in [-0.25, -0.2) is 9.49 Å². The normalized spacial score (nSPS) is 11.0. The number of hydrogen-bond donors (Lipinski definition) is 2. The van der Waals surface area contributed by atoms with Gasteiger partial charge in [0.1, 0.15) is 5.82 Å². The van der Waals surface area contributed by atoms with Gasteiger partial charge in [0.15, 0.2) is 17.3 Å². The van der Waals surface area contributed by atoms with Gasteiger partial charge in [0.2, 0.25) is 10.5 Å². The van der Waals surface area contributed by atoms with Gasteiger partial charge in [-0.1, -0.05) is 12.1 Å². The molecule has 0 radical (unpaired) electrons. The number of aromatic amines is 1. The van der Waals surface area contributed by atoms with Crippen LogP contribution in [0.1, 0.15) is 5.56 Å². The summed E-state index contributed by atoms with van der Waals surface area (Å²) in [5, 5.41) is 21.0. The van der Waals surface area contributed by atoms with Crippen LogP contribution >= 0.6 is 12.2 Å². The summed E-state index contributed by atoms with van der Waals surface area (Å²) in [4.78, 5) is 0. The monoisotopic (exact) mass is 374 g/mol. The molecule has 9 heteroatoms. The summed E-state index contributed by atoms with van der Waals surface area (Å²) in [7, 11) is 2.87.